The highest BCUT2D eigenvalue weighted by Gasteiger charge is 2.03. The molecule has 0 saturated heterocycles. The van der Waals surface area contributed by atoms with Crippen molar-refractivity contribution in [2.75, 3.05) is 19.8 Å². The van der Waals surface area contributed by atoms with Crippen molar-refractivity contribution in [1.82, 2.24) is 4.98 Å². The fourth-order valence-corrected chi connectivity index (χ4v) is 2.95. The van der Waals surface area contributed by atoms with Crippen LogP contribution in [0.1, 0.15) is 37.7 Å². The zero-order valence-electron chi connectivity index (χ0n) is 18.5. The topological polar surface area (TPSA) is 74.7 Å². The van der Waals surface area contributed by atoms with Crippen LogP contribution in [0.25, 0.3) is 11.3 Å². The molecule has 0 radical (unpaired) electrons. The van der Waals surface area contributed by atoms with Crippen molar-refractivity contribution >= 4 is 11.9 Å². The van der Waals surface area contributed by atoms with E-state index < -0.39 is 5.97 Å². The third-order valence-corrected chi connectivity index (χ3v) is 4.71. The van der Waals surface area contributed by atoms with Gasteiger partial charge in [-0.1, -0.05) is 19.2 Å². The first-order valence-corrected chi connectivity index (χ1v) is 10.9. The SMILES string of the molecule is C=CC(=O)OCCCCCCOc1ccc(-c2ccc(CCCOC(=O)C=C)cn2)cc1. The second-order valence-corrected chi connectivity index (χ2v) is 7.19. The van der Waals surface area contributed by atoms with Gasteiger partial charge in [0.25, 0.3) is 0 Å². The largest absolute Gasteiger partial charge is 0.494 e. The Hall–Kier alpha value is -3.41. The Bertz CT molecular complexity index is 859. The molecular formula is C26H31NO5. The normalized spacial score (nSPS) is 10.2. The lowest BCUT2D eigenvalue weighted by Crippen LogP contribution is -2.03. The van der Waals surface area contributed by atoms with Crippen LogP contribution < -0.4 is 4.74 Å². The van der Waals surface area contributed by atoms with E-state index in [1.165, 1.54) is 12.2 Å². The lowest BCUT2D eigenvalue weighted by Gasteiger charge is -2.08. The highest BCUT2D eigenvalue weighted by Crippen LogP contribution is 2.21. The standard InChI is InChI=1S/C26H31NO5/c1-3-25(28)31-18-8-6-5-7-17-30-23-14-12-22(13-15-23)24-16-11-21(20-27-24)10-9-19-32-26(29)4-2/h3-4,11-16,20H,1-2,5-10,17-19H2. The average Bonchev–Trinajstić information content (AvgIpc) is 2.83. The summed E-state index contributed by atoms with van der Waals surface area (Å²) in [5.41, 5.74) is 3.02. The summed E-state index contributed by atoms with van der Waals surface area (Å²) in [6.45, 7) is 8.20. The number of carbonyl (C=O) groups is 2. The summed E-state index contributed by atoms with van der Waals surface area (Å²) in [5.74, 6) is 0.0701. The van der Waals surface area contributed by atoms with Gasteiger partial charge in [0.15, 0.2) is 0 Å². The number of benzene rings is 1. The van der Waals surface area contributed by atoms with E-state index in [2.05, 4.69) is 18.1 Å². The number of aromatic nitrogens is 1. The van der Waals surface area contributed by atoms with E-state index in [9.17, 15) is 9.59 Å². The minimum absolute atomic E-state index is 0.369. The minimum Gasteiger partial charge on any atom is -0.494 e. The molecule has 0 N–H and O–H groups in total. The number of hydrogen-bond donors (Lipinski definition) is 0. The first kappa shape index (κ1) is 24.9. The average molecular weight is 438 g/mol. The van der Waals surface area contributed by atoms with Gasteiger partial charge in [-0.2, -0.15) is 0 Å². The number of rotatable bonds is 15. The molecule has 1 heterocycles. The number of ether oxygens (including phenoxy) is 3. The van der Waals surface area contributed by atoms with Crippen LogP contribution in [0.2, 0.25) is 0 Å². The van der Waals surface area contributed by atoms with E-state index in [-0.39, 0.29) is 5.97 Å². The molecule has 6 heteroatoms. The maximum Gasteiger partial charge on any atom is 0.330 e. The van der Waals surface area contributed by atoms with Crippen molar-refractivity contribution < 1.29 is 23.8 Å². The molecule has 0 unspecified atom stereocenters. The number of carbonyl (C=O) groups excluding carboxylic acids is 2. The zero-order chi connectivity index (χ0) is 23.0. The Morgan fingerprint density at radius 2 is 1.41 bits per heavy atom. The first-order chi connectivity index (χ1) is 15.6. The van der Waals surface area contributed by atoms with Crippen molar-refractivity contribution in [2.24, 2.45) is 0 Å². The van der Waals surface area contributed by atoms with E-state index in [1.54, 1.807) is 0 Å². The molecule has 0 saturated carbocycles. The molecule has 0 aliphatic heterocycles. The summed E-state index contributed by atoms with van der Waals surface area (Å²) in [6.07, 6.45) is 9.56. The Morgan fingerprint density at radius 1 is 0.781 bits per heavy atom. The summed E-state index contributed by atoms with van der Waals surface area (Å²) >= 11 is 0. The Morgan fingerprint density at radius 3 is 2.00 bits per heavy atom. The van der Waals surface area contributed by atoms with Gasteiger partial charge in [-0.25, -0.2) is 9.59 Å². The molecule has 0 spiro atoms. The van der Waals surface area contributed by atoms with Crippen LogP contribution in [0.15, 0.2) is 67.9 Å². The molecule has 1 aromatic heterocycles. The van der Waals surface area contributed by atoms with Gasteiger partial charge in [0.1, 0.15) is 5.75 Å². The third kappa shape index (κ3) is 9.60. The maximum atomic E-state index is 11.0. The fourth-order valence-electron chi connectivity index (χ4n) is 2.95. The quantitative estimate of drug-likeness (QED) is 0.220. The van der Waals surface area contributed by atoms with E-state index >= 15 is 0 Å². The molecule has 0 fully saturated rings. The van der Waals surface area contributed by atoms with Gasteiger partial charge in [0.2, 0.25) is 0 Å². The van der Waals surface area contributed by atoms with Crippen LogP contribution in [0, 0.1) is 0 Å². The summed E-state index contributed by atoms with van der Waals surface area (Å²) in [4.78, 5) is 26.5. The summed E-state index contributed by atoms with van der Waals surface area (Å²) in [5, 5.41) is 0. The molecule has 0 bridgehead atoms. The molecule has 0 aliphatic rings. The lowest BCUT2D eigenvalue weighted by molar-refractivity contribution is -0.138. The molecule has 0 atom stereocenters. The molecule has 6 nitrogen and oxygen atoms in total. The second-order valence-electron chi connectivity index (χ2n) is 7.19. The minimum atomic E-state index is -0.394. The molecule has 2 rings (SSSR count). The Balaban J connectivity index is 1.65. The van der Waals surface area contributed by atoms with Crippen LogP contribution in [-0.4, -0.2) is 36.7 Å². The summed E-state index contributed by atoms with van der Waals surface area (Å²) < 4.78 is 15.7. The first-order valence-electron chi connectivity index (χ1n) is 10.9. The van der Waals surface area contributed by atoms with Crippen LogP contribution in [0.4, 0.5) is 0 Å². The zero-order valence-corrected chi connectivity index (χ0v) is 18.5. The molecular weight excluding hydrogens is 406 g/mol. The van der Waals surface area contributed by atoms with Gasteiger partial charge in [-0.05, 0) is 74.4 Å². The van der Waals surface area contributed by atoms with Crippen molar-refractivity contribution in [3.63, 3.8) is 0 Å². The molecule has 170 valence electrons. The third-order valence-electron chi connectivity index (χ3n) is 4.71. The number of aryl methyl sites for hydroxylation is 1. The van der Waals surface area contributed by atoms with E-state index in [0.717, 1.165) is 61.1 Å². The lowest BCUT2D eigenvalue weighted by atomic mass is 10.1. The Kier molecular flexibility index (Phi) is 11.3. The molecule has 0 aliphatic carbocycles. The van der Waals surface area contributed by atoms with Gasteiger partial charge >= 0.3 is 11.9 Å². The number of nitrogens with zero attached hydrogens (tertiary/aromatic N) is 1. The van der Waals surface area contributed by atoms with Gasteiger partial charge in [-0.15, -0.1) is 0 Å². The number of pyridine rings is 1. The van der Waals surface area contributed by atoms with Crippen molar-refractivity contribution in [1.29, 1.82) is 0 Å². The van der Waals surface area contributed by atoms with Crippen molar-refractivity contribution in [2.45, 2.75) is 38.5 Å². The smallest absolute Gasteiger partial charge is 0.330 e. The number of unbranched alkanes of at least 4 members (excludes halogenated alkanes) is 3. The summed E-state index contributed by atoms with van der Waals surface area (Å²) in [7, 11) is 0. The number of esters is 2. The molecule has 32 heavy (non-hydrogen) atoms. The summed E-state index contributed by atoms with van der Waals surface area (Å²) in [6, 6.07) is 11.9. The van der Waals surface area contributed by atoms with Crippen molar-refractivity contribution in [3.05, 3.63) is 73.5 Å². The highest BCUT2D eigenvalue weighted by molar-refractivity contribution is 5.81. The van der Waals surface area contributed by atoms with Gasteiger partial charge in [0.05, 0.1) is 25.5 Å². The molecule has 1 aromatic carbocycles. The monoisotopic (exact) mass is 437 g/mol. The predicted molar refractivity (Wildman–Crippen MR) is 124 cm³/mol. The van der Waals surface area contributed by atoms with Gasteiger partial charge in [-0.3, -0.25) is 4.98 Å². The van der Waals surface area contributed by atoms with Crippen LogP contribution in [0.3, 0.4) is 0 Å². The van der Waals surface area contributed by atoms with E-state index in [4.69, 9.17) is 14.2 Å². The second kappa shape index (κ2) is 14.6. The van der Waals surface area contributed by atoms with E-state index in [1.807, 2.05) is 42.6 Å². The van der Waals surface area contributed by atoms with Gasteiger partial charge in [0, 0.05) is 23.9 Å². The van der Waals surface area contributed by atoms with Crippen molar-refractivity contribution in [3.8, 4) is 17.0 Å². The maximum absolute atomic E-state index is 11.0. The fraction of sp³-hybridized carbons (Fsp3) is 0.346. The van der Waals surface area contributed by atoms with Crippen LogP contribution in [-0.2, 0) is 25.5 Å². The predicted octanol–water partition coefficient (Wildman–Crippen LogP) is 5.08. The number of hydrogen-bond acceptors (Lipinski definition) is 6. The highest BCUT2D eigenvalue weighted by atomic mass is 16.5. The molecule has 2 aromatic rings. The molecule has 0 amide bonds. The van der Waals surface area contributed by atoms with Crippen LogP contribution in [0.5, 0.6) is 5.75 Å². The van der Waals surface area contributed by atoms with E-state index in [0.29, 0.717) is 19.8 Å². The van der Waals surface area contributed by atoms with Crippen LogP contribution >= 0.6 is 0 Å². The van der Waals surface area contributed by atoms with Gasteiger partial charge < -0.3 is 14.2 Å². The Labute approximate surface area is 189 Å².